The van der Waals surface area contributed by atoms with Crippen LogP contribution in [0.25, 0.3) is 0 Å². The van der Waals surface area contributed by atoms with Crippen molar-refractivity contribution in [2.75, 3.05) is 6.54 Å². The summed E-state index contributed by atoms with van der Waals surface area (Å²) >= 11 is 0. The molecule has 0 aliphatic carbocycles. The Morgan fingerprint density at radius 1 is 1.26 bits per heavy atom. The van der Waals surface area contributed by atoms with Crippen LogP contribution in [0, 0.1) is 5.82 Å². The van der Waals surface area contributed by atoms with Crippen molar-refractivity contribution in [3.05, 3.63) is 35.6 Å². The fraction of sp³-hybridized carbons (Fsp3) is 0.500. The molecule has 0 amide bonds. The summed E-state index contributed by atoms with van der Waals surface area (Å²) in [6, 6.07) is 5.29. The molecule has 0 aliphatic heterocycles. The zero-order chi connectivity index (χ0) is 14.7. The van der Waals surface area contributed by atoms with Gasteiger partial charge in [-0.05, 0) is 44.4 Å². The van der Waals surface area contributed by atoms with Crippen LogP contribution in [0.2, 0.25) is 0 Å². The molecule has 1 aromatic rings. The molecule has 0 saturated heterocycles. The number of hydrogen-bond acceptors (Lipinski definition) is 3. The molecule has 0 radical (unpaired) electrons. The Morgan fingerprint density at radius 3 is 2.16 bits per heavy atom. The van der Waals surface area contributed by atoms with Gasteiger partial charge in [-0.25, -0.2) is 4.39 Å². The molecular formula is C14H20FNO3. The molecule has 0 heterocycles. The van der Waals surface area contributed by atoms with E-state index < -0.39 is 22.8 Å². The Bertz CT molecular complexity index is 439. The second-order valence-electron chi connectivity index (χ2n) is 5.41. The SMILES string of the molecule is CC(C)(O)CCC(CN)(C(=O)O)c1ccc(F)cc1. The number of halogens is 1. The van der Waals surface area contributed by atoms with Gasteiger partial charge in [0.2, 0.25) is 0 Å². The molecule has 0 aromatic heterocycles. The summed E-state index contributed by atoms with van der Waals surface area (Å²) in [5.41, 5.74) is 3.83. The number of carboxylic acids is 1. The third-order valence-corrected chi connectivity index (χ3v) is 3.32. The van der Waals surface area contributed by atoms with E-state index in [0.717, 1.165) is 0 Å². The summed E-state index contributed by atoms with van der Waals surface area (Å²) < 4.78 is 12.9. The van der Waals surface area contributed by atoms with Crippen molar-refractivity contribution in [2.24, 2.45) is 5.73 Å². The Morgan fingerprint density at radius 2 is 1.79 bits per heavy atom. The molecule has 0 spiro atoms. The first-order chi connectivity index (χ1) is 8.71. The lowest BCUT2D eigenvalue weighted by Crippen LogP contribution is -2.44. The molecular weight excluding hydrogens is 249 g/mol. The molecule has 19 heavy (non-hydrogen) atoms. The van der Waals surface area contributed by atoms with Crippen LogP contribution in [-0.2, 0) is 10.2 Å². The summed E-state index contributed by atoms with van der Waals surface area (Å²) in [5.74, 6) is -1.49. The zero-order valence-corrected chi connectivity index (χ0v) is 11.2. The minimum atomic E-state index is -1.30. The van der Waals surface area contributed by atoms with Crippen LogP contribution in [0.1, 0.15) is 32.3 Å². The first kappa shape index (κ1) is 15.6. The molecule has 4 N–H and O–H groups in total. The molecule has 0 fully saturated rings. The maximum atomic E-state index is 12.9. The van der Waals surface area contributed by atoms with Crippen LogP contribution >= 0.6 is 0 Å². The lowest BCUT2D eigenvalue weighted by molar-refractivity contribution is -0.144. The van der Waals surface area contributed by atoms with E-state index in [9.17, 15) is 19.4 Å². The van der Waals surface area contributed by atoms with Gasteiger partial charge in [-0.3, -0.25) is 4.79 Å². The topological polar surface area (TPSA) is 83.5 Å². The lowest BCUT2D eigenvalue weighted by Gasteiger charge is -2.31. The monoisotopic (exact) mass is 269 g/mol. The molecule has 0 saturated carbocycles. The molecule has 0 bridgehead atoms. The summed E-state index contributed by atoms with van der Waals surface area (Å²) in [5, 5.41) is 19.2. The lowest BCUT2D eigenvalue weighted by atomic mass is 9.75. The van der Waals surface area contributed by atoms with Crippen LogP contribution in [-0.4, -0.2) is 28.3 Å². The van der Waals surface area contributed by atoms with Crippen molar-refractivity contribution in [3.63, 3.8) is 0 Å². The van der Waals surface area contributed by atoms with Crippen LogP contribution in [0.4, 0.5) is 4.39 Å². The van der Waals surface area contributed by atoms with Crippen molar-refractivity contribution in [2.45, 2.75) is 37.7 Å². The molecule has 1 atom stereocenters. The Kier molecular flexibility index (Phi) is 4.66. The first-order valence-corrected chi connectivity index (χ1v) is 6.13. The van der Waals surface area contributed by atoms with Crippen LogP contribution in [0.3, 0.4) is 0 Å². The summed E-state index contributed by atoms with van der Waals surface area (Å²) in [6.07, 6.45) is 0.474. The summed E-state index contributed by atoms with van der Waals surface area (Å²) in [7, 11) is 0. The van der Waals surface area contributed by atoms with Gasteiger partial charge in [0.05, 0.1) is 5.60 Å². The number of aliphatic carboxylic acids is 1. The van der Waals surface area contributed by atoms with Gasteiger partial charge in [-0.1, -0.05) is 12.1 Å². The second kappa shape index (κ2) is 5.67. The smallest absolute Gasteiger partial charge is 0.315 e. The van der Waals surface area contributed by atoms with Crippen LogP contribution in [0.15, 0.2) is 24.3 Å². The number of carbonyl (C=O) groups is 1. The zero-order valence-electron chi connectivity index (χ0n) is 11.2. The number of aliphatic hydroxyl groups is 1. The van der Waals surface area contributed by atoms with Crippen molar-refractivity contribution < 1.29 is 19.4 Å². The Labute approximate surface area is 112 Å². The van der Waals surface area contributed by atoms with E-state index in [2.05, 4.69) is 0 Å². The fourth-order valence-electron chi connectivity index (χ4n) is 1.97. The van der Waals surface area contributed by atoms with E-state index in [0.29, 0.717) is 5.56 Å². The summed E-state index contributed by atoms with van der Waals surface area (Å²) in [6.45, 7) is 3.12. The summed E-state index contributed by atoms with van der Waals surface area (Å²) in [4.78, 5) is 11.6. The molecule has 106 valence electrons. The number of rotatable bonds is 6. The standard InChI is InChI=1S/C14H20FNO3/c1-13(2,19)7-8-14(9-16,12(17)18)10-3-5-11(15)6-4-10/h3-6,19H,7-9,16H2,1-2H3,(H,17,18). The molecule has 4 nitrogen and oxygen atoms in total. The van der Waals surface area contributed by atoms with Crippen molar-refractivity contribution >= 4 is 5.97 Å². The van der Waals surface area contributed by atoms with E-state index in [1.807, 2.05) is 0 Å². The normalized spacial score (nSPS) is 15.0. The maximum absolute atomic E-state index is 12.9. The average molecular weight is 269 g/mol. The van der Waals surface area contributed by atoms with E-state index >= 15 is 0 Å². The van der Waals surface area contributed by atoms with Gasteiger partial charge in [0.25, 0.3) is 0 Å². The molecule has 5 heteroatoms. The van der Waals surface area contributed by atoms with Crippen molar-refractivity contribution in [1.82, 2.24) is 0 Å². The molecule has 1 unspecified atom stereocenters. The third-order valence-electron chi connectivity index (χ3n) is 3.32. The minimum absolute atomic E-state index is 0.107. The predicted octanol–water partition coefficient (Wildman–Crippen LogP) is 1.66. The van der Waals surface area contributed by atoms with Crippen molar-refractivity contribution in [1.29, 1.82) is 0 Å². The quantitative estimate of drug-likeness (QED) is 0.733. The first-order valence-electron chi connectivity index (χ1n) is 6.13. The minimum Gasteiger partial charge on any atom is -0.481 e. The predicted molar refractivity (Wildman–Crippen MR) is 70.3 cm³/mol. The van der Waals surface area contributed by atoms with Gasteiger partial charge < -0.3 is 15.9 Å². The number of nitrogens with two attached hydrogens (primary N) is 1. The van der Waals surface area contributed by atoms with Gasteiger partial charge in [0.1, 0.15) is 11.2 Å². The van der Waals surface area contributed by atoms with Crippen LogP contribution < -0.4 is 5.73 Å². The van der Waals surface area contributed by atoms with E-state index in [4.69, 9.17) is 5.73 Å². The van der Waals surface area contributed by atoms with Gasteiger partial charge in [-0.15, -0.1) is 0 Å². The highest BCUT2D eigenvalue weighted by molar-refractivity contribution is 5.81. The largest absolute Gasteiger partial charge is 0.481 e. The average Bonchev–Trinajstić information content (AvgIpc) is 2.30. The van der Waals surface area contributed by atoms with Gasteiger partial charge in [0.15, 0.2) is 0 Å². The number of hydrogen-bond donors (Lipinski definition) is 3. The Hall–Kier alpha value is -1.46. The molecule has 1 rings (SSSR count). The van der Waals surface area contributed by atoms with Gasteiger partial charge in [-0.2, -0.15) is 0 Å². The highest BCUT2D eigenvalue weighted by Gasteiger charge is 2.40. The van der Waals surface area contributed by atoms with Crippen molar-refractivity contribution in [3.8, 4) is 0 Å². The molecule has 0 aliphatic rings. The maximum Gasteiger partial charge on any atom is 0.315 e. The van der Waals surface area contributed by atoms with E-state index in [-0.39, 0.29) is 19.4 Å². The number of benzene rings is 1. The highest BCUT2D eigenvalue weighted by Crippen LogP contribution is 2.31. The van der Waals surface area contributed by atoms with Gasteiger partial charge >= 0.3 is 5.97 Å². The fourth-order valence-corrected chi connectivity index (χ4v) is 1.97. The Balaban J connectivity index is 3.12. The van der Waals surface area contributed by atoms with Gasteiger partial charge in [0, 0.05) is 6.54 Å². The third kappa shape index (κ3) is 3.75. The second-order valence-corrected chi connectivity index (χ2v) is 5.41. The van der Waals surface area contributed by atoms with E-state index in [1.165, 1.54) is 24.3 Å². The highest BCUT2D eigenvalue weighted by atomic mass is 19.1. The number of carboxylic acid groups (broad SMARTS) is 1. The molecule has 1 aromatic carbocycles. The van der Waals surface area contributed by atoms with Crippen LogP contribution in [0.5, 0.6) is 0 Å². The van der Waals surface area contributed by atoms with E-state index in [1.54, 1.807) is 13.8 Å².